The van der Waals surface area contributed by atoms with Gasteiger partial charge in [-0.3, -0.25) is 19.2 Å². The second kappa shape index (κ2) is 13.0. The van der Waals surface area contributed by atoms with Gasteiger partial charge in [-0.2, -0.15) is 0 Å². The number of carbonyl (C=O) groups is 4. The summed E-state index contributed by atoms with van der Waals surface area (Å²) in [6.45, 7) is 3.27. The van der Waals surface area contributed by atoms with Crippen LogP contribution in [0.3, 0.4) is 0 Å². The second-order valence-electron chi connectivity index (χ2n) is 7.34. The summed E-state index contributed by atoms with van der Waals surface area (Å²) in [6, 6.07) is 9.37. The molecule has 0 fully saturated rings. The topological polar surface area (TPSA) is 166 Å². The first-order valence-electron chi connectivity index (χ1n) is 11.0. The van der Waals surface area contributed by atoms with Gasteiger partial charge in [-0.15, -0.1) is 0 Å². The Morgan fingerprint density at radius 1 is 0.441 bits per heavy atom. The van der Waals surface area contributed by atoms with Crippen LogP contribution in [0.1, 0.15) is 42.0 Å². The molecule has 6 N–H and O–H groups in total. The largest absolute Gasteiger partial charge is 0.349 e. The van der Waals surface area contributed by atoms with Crippen LogP contribution in [0.5, 0.6) is 0 Å². The standard InChI is InChI=1S/C22H28N8O4/c31-19-15-3-1-4-16(29-15)20(32)26-12-8-24-10-14-28-22(34)18-6-2-5-17(30-18)21(33)27-13-9-23-7-11-25-19/h1-6,23-24H,7-14H2,(H,25,31)(H,26,32)(H,27,33)(H,28,34). The third-order valence-electron chi connectivity index (χ3n) is 4.78. The van der Waals surface area contributed by atoms with Crippen LogP contribution < -0.4 is 31.9 Å². The minimum atomic E-state index is -0.381. The van der Waals surface area contributed by atoms with Gasteiger partial charge in [-0.05, 0) is 24.3 Å². The highest BCUT2D eigenvalue weighted by Gasteiger charge is 2.13. The molecule has 180 valence electrons. The molecule has 0 aromatic carbocycles. The molecule has 0 saturated carbocycles. The van der Waals surface area contributed by atoms with Gasteiger partial charge in [-0.25, -0.2) is 9.97 Å². The lowest BCUT2D eigenvalue weighted by atomic mass is 10.2. The summed E-state index contributed by atoms with van der Waals surface area (Å²) in [5, 5.41) is 17.1. The molecule has 1 aliphatic heterocycles. The van der Waals surface area contributed by atoms with Gasteiger partial charge in [0.05, 0.1) is 0 Å². The van der Waals surface area contributed by atoms with Gasteiger partial charge in [0.25, 0.3) is 23.6 Å². The Labute approximate surface area is 196 Å². The van der Waals surface area contributed by atoms with Gasteiger partial charge < -0.3 is 31.9 Å². The number of nitrogens with zero attached hydrogens (tertiary/aromatic N) is 2. The number of hydrogen-bond donors (Lipinski definition) is 6. The monoisotopic (exact) mass is 468 g/mol. The highest BCUT2D eigenvalue weighted by Crippen LogP contribution is 2.01. The molecule has 3 heterocycles. The summed E-state index contributed by atoms with van der Waals surface area (Å²) in [5.74, 6) is -1.52. The molecule has 0 spiro atoms. The summed E-state index contributed by atoms with van der Waals surface area (Å²) < 4.78 is 0. The number of carbonyl (C=O) groups excluding carboxylic acids is 4. The van der Waals surface area contributed by atoms with Crippen molar-refractivity contribution in [3.63, 3.8) is 0 Å². The molecular formula is C22H28N8O4. The minimum absolute atomic E-state index is 0.151. The molecule has 3 rings (SSSR count). The number of nitrogens with one attached hydrogen (secondary N) is 6. The van der Waals surface area contributed by atoms with Gasteiger partial charge in [0.2, 0.25) is 0 Å². The molecule has 34 heavy (non-hydrogen) atoms. The molecule has 4 amide bonds. The zero-order valence-corrected chi connectivity index (χ0v) is 18.6. The van der Waals surface area contributed by atoms with E-state index in [0.717, 1.165) is 0 Å². The number of aromatic nitrogens is 2. The Morgan fingerprint density at radius 2 is 0.706 bits per heavy atom. The van der Waals surface area contributed by atoms with Crippen LogP contribution in [0.4, 0.5) is 0 Å². The van der Waals surface area contributed by atoms with E-state index in [0.29, 0.717) is 52.4 Å². The van der Waals surface area contributed by atoms with Crippen LogP contribution >= 0.6 is 0 Å². The zero-order valence-electron chi connectivity index (χ0n) is 18.6. The van der Waals surface area contributed by atoms with Crippen molar-refractivity contribution in [1.29, 1.82) is 0 Å². The van der Waals surface area contributed by atoms with E-state index in [-0.39, 0.29) is 46.4 Å². The molecule has 0 atom stereocenters. The van der Waals surface area contributed by atoms with E-state index >= 15 is 0 Å². The fourth-order valence-corrected chi connectivity index (χ4v) is 3.05. The lowest BCUT2D eigenvalue weighted by Gasteiger charge is -2.10. The van der Waals surface area contributed by atoms with Crippen molar-refractivity contribution < 1.29 is 19.2 Å². The highest BCUT2D eigenvalue weighted by atomic mass is 16.2. The Bertz CT molecular complexity index is 877. The molecule has 0 aliphatic carbocycles. The minimum Gasteiger partial charge on any atom is -0.349 e. The third kappa shape index (κ3) is 7.60. The SMILES string of the molecule is O=C1NCCNCCNC(=O)c2cccc(n2)C(=O)NCCNCCNC(=O)c2cccc1n2. The van der Waals surface area contributed by atoms with Crippen molar-refractivity contribution in [3.8, 4) is 0 Å². The number of pyridine rings is 2. The molecule has 0 unspecified atom stereocenters. The smallest absolute Gasteiger partial charge is 0.269 e. The summed E-state index contributed by atoms with van der Waals surface area (Å²) in [5.41, 5.74) is 0.604. The normalized spacial score (nSPS) is 17.4. The van der Waals surface area contributed by atoms with Crippen LogP contribution in [0.25, 0.3) is 0 Å². The molecular weight excluding hydrogens is 440 g/mol. The van der Waals surface area contributed by atoms with E-state index in [1.807, 2.05) is 0 Å². The lowest BCUT2D eigenvalue weighted by molar-refractivity contribution is 0.0931. The molecule has 4 bridgehead atoms. The predicted molar refractivity (Wildman–Crippen MR) is 124 cm³/mol. The van der Waals surface area contributed by atoms with E-state index < -0.39 is 0 Å². The molecule has 12 nitrogen and oxygen atoms in total. The quantitative estimate of drug-likeness (QED) is 0.266. The van der Waals surface area contributed by atoms with Crippen molar-refractivity contribution in [2.24, 2.45) is 0 Å². The maximum Gasteiger partial charge on any atom is 0.269 e. The predicted octanol–water partition coefficient (Wildman–Crippen LogP) is -1.71. The Hall–Kier alpha value is -3.90. The fourth-order valence-electron chi connectivity index (χ4n) is 3.05. The van der Waals surface area contributed by atoms with Crippen molar-refractivity contribution in [1.82, 2.24) is 41.9 Å². The average Bonchev–Trinajstić information content (AvgIpc) is 2.86. The Morgan fingerprint density at radius 3 is 0.971 bits per heavy atom. The third-order valence-corrected chi connectivity index (χ3v) is 4.78. The zero-order chi connectivity index (χ0) is 24.2. The maximum atomic E-state index is 12.3. The van der Waals surface area contributed by atoms with Gasteiger partial charge >= 0.3 is 0 Å². The van der Waals surface area contributed by atoms with E-state index in [2.05, 4.69) is 41.9 Å². The van der Waals surface area contributed by atoms with Crippen molar-refractivity contribution >= 4 is 23.6 Å². The van der Waals surface area contributed by atoms with Gasteiger partial charge in [0.1, 0.15) is 22.8 Å². The summed E-state index contributed by atoms with van der Waals surface area (Å²) in [4.78, 5) is 57.5. The van der Waals surface area contributed by atoms with Crippen LogP contribution in [-0.4, -0.2) is 86.0 Å². The van der Waals surface area contributed by atoms with Gasteiger partial charge in [0.15, 0.2) is 0 Å². The maximum absolute atomic E-state index is 12.3. The molecule has 1 aliphatic rings. The van der Waals surface area contributed by atoms with Crippen molar-refractivity contribution in [2.45, 2.75) is 0 Å². The van der Waals surface area contributed by atoms with Gasteiger partial charge in [-0.1, -0.05) is 12.1 Å². The van der Waals surface area contributed by atoms with Crippen LogP contribution in [0.15, 0.2) is 36.4 Å². The summed E-state index contributed by atoms with van der Waals surface area (Å²) >= 11 is 0. The van der Waals surface area contributed by atoms with Crippen LogP contribution in [0, 0.1) is 0 Å². The number of fused-ring (bicyclic) bond motifs is 4. The lowest BCUT2D eigenvalue weighted by Crippen LogP contribution is -2.38. The highest BCUT2D eigenvalue weighted by molar-refractivity contribution is 5.97. The molecule has 0 radical (unpaired) electrons. The van der Waals surface area contributed by atoms with Crippen molar-refractivity contribution in [3.05, 3.63) is 59.2 Å². The van der Waals surface area contributed by atoms with Crippen molar-refractivity contribution in [2.75, 3.05) is 52.4 Å². The number of amides is 4. The summed E-state index contributed by atoms with van der Waals surface area (Å²) in [6.07, 6.45) is 0. The Balaban J connectivity index is 1.60. The van der Waals surface area contributed by atoms with Crippen LogP contribution in [0.2, 0.25) is 0 Å². The van der Waals surface area contributed by atoms with E-state index in [4.69, 9.17) is 0 Å². The Kier molecular flexibility index (Phi) is 9.43. The van der Waals surface area contributed by atoms with E-state index in [1.165, 1.54) is 24.3 Å². The molecule has 12 heteroatoms. The first-order chi connectivity index (χ1) is 16.5. The fraction of sp³-hybridized carbons (Fsp3) is 0.364. The molecule has 2 aromatic heterocycles. The number of hydrogen-bond acceptors (Lipinski definition) is 8. The first-order valence-corrected chi connectivity index (χ1v) is 11.0. The average molecular weight is 469 g/mol. The van der Waals surface area contributed by atoms with E-state index in [9.17, 15) is 19.2 Å². The van der Waals surface area contributed by atoms with Crippen LogP contribution in [-0.2, 0) is 0 Å². The van der Waals surface area contributed by atoms with E-state index in [1.54, 1.807) is 12.1 Å². The molecule has 2 aromatic rings. The molecule has 0 saturated heterocycles. The van der Waals surface area contributed by atoms with Gasteiger partial charge in [0, 0.05) is 52.4 Å². The number of rotatable bonds is 0. The second-order valence-corrected chi connectivity index (χ2v) is 7.34. The summed E-state index contributed by atoms with van der Waals surface area (Å²) in [7, 11) is 0. The first kappa shape index (κ1) is 24.7.